The van der Waals surface area contributed by atoms with E-state index in [1.54, 1.807) is 5.32 Å². The molecule has 3 amide bonds. The summed E-state index contributed by atoms with van der Waals surface area (Å²) < 4.78 is 67.5. The van der Waals surface area contributed by atoms with E-state index in [1.165, 1.54) is 24.3 Å². The zero-order valence-corrected chi connectivity index (χ0v) is 12.9. The number of ether oxygens (including phenoxy) is 1. The number of urea groups is 1. The van der Waals surface area contributed by atoms with E-state index < -0.39 is 41.9 Å². The van der Waals surface area contributed by atoms with E-state index in [0.29, 0.717) is 0 Å². The van der Waals surface area contributed by atoms with Crippen LogP contribution in [0.3, 0.4) is 0 Å². The summed E-state index contributed by atoms with van der Waals surface area (Å²) in [6, 6.07) is 6.47. The quantitative estimate of drug-likeness (QED) is 0.799. The van der Waals surface area contributed by atoms with Gasteiger partial charge in [-0.25, -0.2) is 13.6 Å². The fraction of sp³-hybridized carbons (Fsp3) is 0.125. The molecule has 2 aromatic rings. The Labute approximate surface area is 143 Å². The van der Waals surface area contributed by atoms with Crippen LogP contribution in [-0.2, 0) is 0 Å². The van der Waals surface area contributed by atoms with E-state index in [0.717, 1.165) is 18.2 Å². The van der Waals surface area contributed by atoms with Crippen molar-refractivity contribution in [3.05, 3.63) is 59.7 Å². The van der Waals surface area contributed by atoms with E-state index in [-0.39, 0.29) is 11.4 Å². The maximum atomic E-state index is 13.5. The number of nitrogens with one attached hydrogen (secondary N) is 2. The van der Waals surface area contributed by atoms with Crippen molar-refractivity contribution >= 4 is 17.6 Å². The summed E-state index contributed by atoms with van der Waals surface area (Å²) in [5.74, 6) is -3.65. The molecule has 0 aliphatic carbocycles. The molecule has 0 radical (unpaired) electrons. The van der Waals surface area contributed by atoms with E-state index in [4.69, 9.17) is 0 Å². The molecule has 0 aliphatic rings. The van der Waals surface area contributed by atoms with Crippen LogP contribution in [0.2, 0.25) is 0 Å². The molecular weight excluding hydrogens is 363 g/mol. The largest absolute Gasteiger partial charge is 0.484 e. The number of hydrogen-bond acceptors (Lipinski definition) is 3. The van der Waals surface area contributed by atoms with Gasteiger partial charge in [-0.15, -0.1) is 0 Å². The second-order valence-electron chi connectivity index (χ2n) is 4.93. The number of carbonyl (C=O) groups is 2. The molecule has 138 valence electrons. The zero-order valence-electron chi connectivity index (χ0n) is 12.9. The average molecular weight is 374 g/mol. The smallest absolute Gasteiger partial charge is 0.422 e. The minimum absolute atomic E-state index is 0.0854. The lowest BCUT2D eigenvalue weighted by Gasteiger charge is -2.10. The molecule has 0 aromatic heterocycles. The minimum Gasteiger partial charge on any atom is -0.484 e. The summed E-state index contributed by atoms with van der Waals surface area (Å²) in [5, 5.41) is 3.92. The van der Waals surface area contributed by atoms with Gasteiger partial charge < -0.3 is 10.1 Å². The van der Waals surface area contributed by atoms with Crippen molar-refractivity contribution in [1.82, 2.24) is 5.32 Å². The summed E-state index contributed by atoms with van der Waals surface area (Å²) in [5.41, 5.74) is -0.804. The summed E-state index contributed by atoms with van der Waals surface area (Å²) >= 11 is 0. The van der Waals surface area contributed by atoms with Crippen molar-refractivity contribution in [1.29, 1.82) is 0 Å². The van der Waals surface area contributed by atoms with Crippen LogP contribution in [0.5, 0.6) is 5.75 Å². The normalized spacial score (nSPS) is 11.0. The van der Waals surface area contributed by atoms with E-state index in [1.807, 2.05) is 0 Å². The second-order valence-corrected chi connectivity index (χ2v) is 4.93. The molecule has 2 N–H and O–H groups in total. The number of alkyl halides is 3. The Balaban J connectivity index is 1.94. The van der Waals surface area contributed by atoms with Gasteiger partial charge in [0.05, 0.1) is 0 Å². The van der Waals surface area contributed by atoms with Gasteiger partial charge in [0, 0.05) is 5.69 Å². The first-order valence-electron chi connectivity index (χ1n) is 7.01. The SMILES string of the molecule is O=C(NC(=O)c1c(F)cccc1F)Nc1ccc(OCC(F)(F)F)cc1. The van der Waals surface area contributed by atoms with Gasteiger partial charge >= 0.3 is 12.2 Å². The molecule has 10 heteroatoms. The third-order valence-corrected chi connectivity index (χ3v) is 2.93. The predicted octanol–water partition coefficient (Wildman–Crippen LogP) is 3.87. The van der Waals surface area contributed by atoms with Gasteiger partial charge in [0.2, 0.25) is 0 Å². The molecule has 0 atom stereocenters. The number of anilines is 1. The number of halogens is 5. The summed E-state index contributed by atoms with van der Waals surface area (Å²) in [6.07, 6.45) is -4.49. The predicted molar refractivity (Wildman–Crippen MR) is 80.8 cm³/mol. The average Bonchev–Trinajstić information content (AvgIpc) is 2.53. The fourth-order valence-corrected chi connectivity index (χ4v) is 1.84. The van der Waals surface area contributed by atoms with Gasteiger partial charge in [-0.05, 0) is 36.4 Å². The van der Waals surface area contributed by atoms with Crippen molar-refractivity contribution in [2.45, 2.75) is 6.18 Å². The Bertz CT molecular complexity index is 786. The van der Waals surface area contributed by atoms with Crippen LogP contribution in [0, 0.1) is 11.6 Å². The Morgan fingerprint density at radius 1 is 0.962 bits per heavy atom. The van der Waals surface area contributed by atoms with Crippen LogP contribution in [0.15, 0.2) is 42.5 Å². The van der Waals surface area contributed by atoms with Gasteiger partial charge in [0.1, 0.15) is 22.9 Å². The van der Waals surface area contributed by atoms with Crippen LogP contribution in [0.4, 0.5) is 32.4 Å². The first-order valence-corrected chi connectivity index (χ1v) is 7.01. The molecule has 26 heavy (non-hydrogen) atoms. The van der Waals surface area contributed by atoms with Crippen molar-refractivity contribution in [2.75, 3.05) is 11.9 Å². The van der Waals surface area contributed by atoms with E-state index >= 15 is 0 Å². The number of hydrogen-bond donors (Lipinski definition) is 2. The molecular formula is C16H11F5N2O3. The number of carbonyl (C=O) groups excluding carboxylic acids is 2. The van der Waals surface area contributed by atoms with Gasteiger partial charge in [-0.1, -0.05) is 6.07 Å². The highest BCUT2D eigenvalue weighted by atomic mass is 19.4. The maximum absolute atomic E-state index is 13.5. The van der Waals surface area contributed by atoms with Crippen LogP contribution in [0.1, 0.15) is 10.4 Å². The van der Waals surface area contributed by atoms with Gasteiger partial charge in [0.15, 0.2) is 6.61 Å². The molecule has 2 rings (SSSR count). The number of benzene rings is 2. The standard InChI is InChI=1S/C16H11F5N2O3/c17-11-2-1-3-12(18)13(11)14(24)23-15(25)22-9-4-6-10(7-5-9)26-8-16(19,20)21/h1-7H,8H2,(H2,22,23,24,25). The monoisotopic (exact) mass is 374 g/mol. The maximum Gasteiger partial charge on any atom is 0.422 e. The third kappa shape index (κ3) is 5.43. The van der Waals surface area contributed by atoms with Crippen molar-refractivity contribution in [3.8, 4) is 5.75 Å². The lowest BCUT2D eigenvalue weighted by Crippen LogP contribution is -2.35. The third-order valence-electron chi connectivity index (χ3n) is 2.93. The topological polar surface area (TPSA) is 67.4 Å². The highest BCUT2D eigenvalue weighted by molar-refractivity contribution is 6.08. The number of imide groups is 1. The summed E-state index contributed by atoms with van der Waals surface area (Å²) in [7, 11) is 0. The van der Waals surface area contributed by atoms with E-state index in [2.05, 4.69) is 10.1 Å². The van der Waals surface area contributed by atoms with Crippen LogP contribution < -0.4 is 15.4 Å². The first-order chi connectivity index (χ1) is 12.2. The Morgan fingerprint density at radius 3 is 2.08 bits per heavy atom. The van der Waals surface area contributed by atoms with E-state index in [9.17, 15) is 31.5 Å². The van der Waals surface area contributed by atoms with Crippen LogP contribution in [0.25, 0.3) is 0 Å². The first kappa shape index (κ1) is 19.2. The van der Waals surface area contributed by atoms with Crippen molar-refractivity contribution < 1.29 is 36.3 Å². The second kappa shape index (κ2) is 7.81. The molecule has 0 unspecified atom stereocenters. The number of amides is 3. The summed E-state index contributed by atoms with van der Waals surface area (Å²) in [4.78, 5) is 23.4. The summed E-state index contributed by atoms with van der Waals surface area (Å²) in [6.45, 7) is -1.47. The molecule has 0 heterocycles. The molecule has 0 spiro atoms. The highest BCUT2D eigenvalue weighted by Crippen LogP contribution is 2.20. The van der Waals surface area contributed by atoms with Crippen molar-refractivity contribution in [3.63, 3.8) is 0 Å². The highest BCUT2D eigenvalue weighted by Gasteiger charge is 2.28. The molecule has 0 bridgehead atoms. The minimum atomic E-state index is -4.49. The van der Waals surface area contributed by atoms with Crippen molar-refractivity contribution in [2.24, 2.45) is 0 Å². The molecule has 5 nitrogen and oxygen atoms in total. The zero-order chi connectivity index (χ0) is 19.3. The molecule has 0 saturated heterocycles. The Morgan fingerprint density at radius 2 is 1.54 bits per heavy atom. The molecule has 0 saturated carbocycles. The number of rotatable bonds is 4. The molecule has 2 aromatic carbocycles. The fourth-order valence-electron chi connectivity index (χ4n) is 1.84. The molecule has 0 aliphatic heterocycles. The molecule has 0 fully saturated rings. The Kier molecular flexibility index (Phi) is 5.75. The van der Waals surface area contributed by atoms with Gasteiger partial charge in [-0.3, -0.25) is 10.1 Å². The van der Waals surface area contributed by atoms with Crippen LogP contribution in [-0.4, -0.2) is 24.7 Å². The lowest BCUT2D eigenvalue weighted by atomic mass is 10.2. The van der Waals surface area contributed by atoms with Gasteiger partial charge in [-0.2, -0.15) is 13.2 Å². The van der Waals surface area contributed by atoms with Gasteiger partial charge in [0.25, 0.3) is 5.91 Å². The van der Waals surface area contributed by atoms with Crippen LogP contribution >= 0.6 is 0 Å². The Hall–Kier alpha value is -3.17. The lowest BCUT2D eigenvalue weighted by molar-refractivity contribution is -0.153.